The highest BCUT2D eigenvalue weighted by Crippen LogP contribution is 2.19. The average molecular weight is 282 g/mol. The molecule has 5 nitrogen and oxygen atoms in total. The SMILES string of the molecule is NNC(=O)c1cccc(CN2CCc3ccccc3C2)n1. The topological polar surface area (TPSA) is 71.2 Å². The van der Waals surface area contributed by atoms with Crippen LogP contribution in [-0.4, -0.2) is 22.3 Å². The van der Waals surface area contributed by atoms with Crippen molar-refractivity contribution in [1.82, 2.24) is 15.3 Å². The molecule has 3 rings (SSSR count). The Balaban J connectivity index is 1.72. The Labute approximate surface area is 123 Å². The summed E-state index contributed by atoms with van der Waals surface area (Å²) in [6.45, 7) is 2.66. The molecule has 5 heteroatoms. The van der Waals surface area contributed by atoms with Crippen LogP contribution in [0.5, 0.6) is 0 Å². The van der Waals surface area contributed by atoms with E-state index in [9.17, 15) is 4.79 Å². The second-order valence-corrected chi connectivity index (χ2v) is 5.22. The van der Waals surface area contributed by atoms with Crippen molar-refractivity contribution < 1.29 is 4.79 Å². The molecule has 1 amide bonds. The maximum Gasteiger partial charge on any atom is 0.283 e. The number of nitrogens with two attached hydrogens (primary N) is 1. The minimum atomic E-state index is -0.360. The summed E-state index contributed by atoms with van der Waals surface area (Å²) in [7, 11) is 0. The smallest absolute Gasteiger partial charge is 0.283 e. The number of carbonyl (C=O) groups excluding carboxylic acids is 1. The van der Waals surface area contributed by atoms with Crippen LogP contribution in [0.25, 0.3) is 0 Å². The Hall–Kier alpha value is -2.24. The number of carbonyl (C=O) groups is 1. The van der Waals surface area contributed by atoms with Crippen molar-refractivity contribution in [2.24, 2.45) is 5.84 Å². The summed E-state index contributed by atoms with van der Waals surface area (Å²) in [5, 5.41) is 0. The molecule has 0 radical (unpaired) electrons. The van der Waals surface area contributed by atoms with Crippen LogP contribution >= 0.6 is 0 Å². The van der Waals surface area contributed by atoms with Crippen molar-refractivity contribution in [3.05, 3.63) is 65.0 Å². The lowest BCUT2D eigenvalue weighted by Crippen LogP contribution is -2.32. The number of amides is 1. The molecule has 0 saturated carbocycles. The number of aromatic nitrogens is 1. The van der Waals surface area contributed by atoms with Crippen LogP contribution in [0.4, 0.5) is 0 Å². The molecule has 0 aliphatic carbocycles. The molecule has 21 heavy (non-hydrogen) atoms. The highest BCUT2D eigenvalue weighted by molar-refractivity contribution is 5.91. The lowest BCUT2D eigenvalue weighted by Gasteiger charge is -2.28. The molecule has 2 heterocycles. The van der Waals surface area contributed by atoms with Gasteiger partial charge in [0.25, 0.3) is 5.91 Å². The Morgan fingerprint density at radius 2 is 2.00 bits per heavy atom. The molecular formula is C16H18N4O. The van der Waals surface area contributed by atoms with Gasteiger partial charge in [0, 0.05) is 19.6 Å². The molecule has 1 aromatic carbocycles. The van der Waals surface area contributed by atoms with Gasteiger partial charge in [0.2, 0.25) is 0 Å². The van der Waals surface area contributed by atoms with E-state index < -0.39 is 0 Å². The largest absolute Gasteiger partial charge is 0.293 e. The summed E-state index contributed by atoms with van der Waals surface area (Å²) in [5.74, 6) is 4.78. The predicted octanol–water partition coefficient (Wildman–Crippen LogP) is 1.24. The van der Waals surface area contributed by atoms with Gasteiger partial charge >= 0.3 is 0 Å². The Kier molecular flexibility index (Phi) is 3.94. The van der Waals surface area contributed by atoms with E-state index in [1.165, 1.54) is 11.1 Å². The van der Waals surface area contributed by atoms with Crippen LogP contribution in [0.2, 0.25) is 0 Å². The van der Waals surface area contributed by atoms with Gasteiger partial charge < -0.3 is 0 Å². The van der Waals surface area contributed by atoms with Crippen LogP contribution in [-0.2, 0) is 19.5 Å². The first-order chi connectivity index (χ1) is 10.3. The second-order valence-electron chi connectivity index (χ2n) is 5.22. The summed E-state index contributed by atoms with van der Waals surface area (Å²) >= 11 is 0. The van der Waals surface area contributed by atoms with Gasteiger partial charge in [0.05, 0.1) is 5.69 Å². The number of fused-ring (bicyclic) bond motifs is 1. The third-order valence-corrected chi connectivity index (χ3v) is 3.77. The van der Waals surface area contributed by atoms with Gasteiger partial charge in [-0.1, -0.05) is 30.3 Å². The van der Waals surface area contributed by atoms with Crippen LogP contribution in [0, 0.1) is 0 Å². The first-order valence-electron chi connectivity index (χ1n) is 7.02. The van der Waals surface area contributed by atoms with E-state index in [4.69, 9.17) is 5.84 Å². The number of rotatable bonds is 3. The molecule has 0 fully saturated rings. The van der Waals surface area contributed by atoms with Gasteiger partial charge in [-0.3, -0.25) is 15.1 Å². The number of nitrogen functional groups attached to an aromatic ring is 1. The third-order valence-electron chi connectivity index (χ3n) is 3.77. The summed E-state index contributed by atoms with van der Waals surface area (Å²) in [6.07, 6.45) is 1.05. The molecule has 0 spiro atoms. The maximum atomic E-state index is 11.5. The Bertz CT molecular complexity index is 656. The zero-order valence-corrected chi connectivity index (χ0v) is 11.7. The summed E-state index contributed by atoms with van der Waals surface area (Å²) in [6, 6.07) is 14.0. The molecule has 1 aliphatic heterocycles. The second kappa shape index (κ2) is 6.03. The maximum absolute atomic E-state index is 11.5. The van der Waals surface area contributed by atoms with Crippen molar-refractivity contribution in [2.45, 2.75) is 19.5 Å². The van der Waals surface area contributed by atoms with Gasteiger partial charge in [-0.15, -0.1) is 0 Å². The third kappa shape index (κ3) is 3.09. The summed E-state index contributed by atoms with van der Waals surface area (Å²) in [4.78, 5) is 18.2. The fourth-order valence-corrected chi connectivity index (χ4v) is 2.69. The molecule has 0 unspecified atom stereocenters. The van der Waals surface area contributed by atoms with E-state index in [1.54, 1.807) is 6.07 Å². The summed E-state index contributed by atoms with van der Waals surface area (Å²) in [5.41, 5.74) is 6.15. The normalized spacial score (nSPS) is 14.5. The van der Waals surface area contributed by atoms with E-state index in [0.717, 1.165) is 31.7 Å². The number of hydrogen-bond acceptors (Lipinski definition) is 4. The van der Waals surface area contributed by atoms with Gasteiger partial charge in [0.1, 0.15) is 5.69 Å². The van der Waals surface area contributed by atoms with Crippen LogP contribution in [0.1, 0.15) is 27.3 Å². The van der Waals surface area contributed by atoms with Crippen molar-refractivity contribution in [3.63, 3.8) is 0 Å². The highest BCUT2D eigenvalue weighted by atomic mass is 16.2. The van der Waals surface area contributed by atoms with Gasteiger partial charge in [-0.2, -0.15) is 0 Å². The van der Waals surface area contributed by atoms with Crippen LogP contribution in [0.15, 0.2) is 42.5 Å². The first kappa shape index (κ1) is 13.7. The number of nitrogens with zero attached hydrogens (tertiary/aromatic N) is 2. The molecule has 2 aromatic rings. The van der Waals surface area contributed by atoms with Crippen molar-refractivity contribution >= 4 is 5.91 Å². The first-order valence-corrected chi connectivity index (χ1v) is 7.02. The highest BCUT2D eigenvalue weighted by Gasteiger charge is 2.16. The van der Waals surface area contributed by atoms with Gasteiger partial charge in [0.15, 0.2) is 0 Å². The minimum absolute atomic E-state index is 0.354. The monoisotopic (exact) mass is 282 g/mol. The molecular weight excluding hydrogens is 264 g/mol. The number of nitrogens with one attached hydrogen (secondary N) is 1. The number of hydrazine groups is 1. The Morgan fingerprint density at radius 3 is 2.81 bits per heavy atom. The van der Waals surface area contributed by atoms with Crippen molar-refractivity contribution in [3.8, 4) is 0 Å². The van der Waals surface area contributed by atoms with E-state index in [-0.39, 0.29) is 5.91 Å². The zero-order valence-electron chi connectivity index (χ0n) is 11.7. The van der Waals surface area contributed by atoms with Crippen LogP contribution in [0.3, 0.4) is 0 Å². The van der Waals surface area contributed by atoms with Gasteiger partial charge in [-0.05, 0) is 29.7 Å². The van der Waals surface area contributed by atoms with E-state index in [2.05, 4.69) is 39.6 Å². The minimum Gasteiger partial charge on any atom is -0.293 e. The zero-order chi connectivity index (χ0) is 14.7. The quantitative estimate of drug-likeness (QED) is 0.505. The molecule has 0 atom stereocenters. The van der Waals surface area contributed by atoms with E-state index in [1.807, 2.05) is 12.1 Å². The van der Waals surface area contributed by atoms with Crippen molar-refractivity contribution in [2.75, 3.05) is 6.54 Å². The predicted molar refractivity (Wildman–Crippen MR) is 80.2 cm³/mol. The standard InChI is InChI=1S/C16H18N4O/c17-19-16(21)15-7-3-6-14(18-15)11-20-9-8-12-4-1-2-5-13(12)10-20/h1-7H,8-11,17H2,(H,19,21). The average Bonchev–Trinajstić information content (AvgIpc) is 2.54. The molecule has 1 aromatic heterocycles. The molecule has 1 aliphatic rings. The lowest BCUT2D eigenvalue weighted by atomic mass is 10.00. The van der Waals surface area contributed by atoms with Gasteiger partial charge in [-0.25, -0.2) is 10.8 Å². The lowest BCUT2D eigenvalue weighted by molar-refractivity contribution is 0.0948. The molecule has 0 bridgehead atoms. The number of benzene rings is 1. The number of hydrogen-bond donors (Lipinski definition) is 2. The Morgan fingerprint density at radius 1 is 1.19 bits per heavy atom. The van der Waals surface area contributed by atoms with Crippen LogP contribution < -0.4 is 11.3 Å². The van der Waals surface area contributed by atoms with Crippen molar-refractivity contribution in [1.29, 1.82) is 0 Å². The fraction of sp³-hybridized carbons (Fsp3) is 0.250. The van der Waals surface area contributed by atoms with E-state index >= 15 is 0 Å². The molecule has 3 N–H and O–H groups in total. The summed E-state index contributed by atoms with van der Waals surface area (Å²) < 4.78 is 0. The molecule has 0 saturated heterocycles. The van der Waals surface area contributed by atoms with E-state index in [0.29, 0.717) is 5.69 Å². The number of pyridine rings is 1. The molecule has 108 valence electrons. The fourth-order valence-electron chi connectivity index (χ4n) is 2.69.